The van der Waals surface area contributed by atoms with Crippen LogP contribution in [-0.4, -0.2) is 47.6 Å². The van der Waals surface area contributed by atoms with Crippen molar-refractivity contribution in [2.24, 2.45) is 0 Å². The van der Waals surface area contributed by atoms with Crippen LogP contribution in [0.4, 0.5) is 18.9 Å². The maximum atomic E-state index is 13.1. The van der Waals surface area contributed by atoms with E-state index in [1.54, 1.807) is 43.5 Å². The van der Waals surface area contributed by atoms with Gasteiger partial charge < -0.3 is 19.5 Å². The van der Waals surface area contributed by atoms with E-state index in [0.29, 0.717) is 41.7 Å². The third-order valence-electron chi connectivity index (χ3n) is 5.64. The number of benzene rings is 3. The van der Waals surface area contributed by atoms with Gasteiger partial charge in [-0.1, -0.05) is 24.3 Å². The van der Waals surface area contributed by atoms with Crippen LogP contribution >= 0.6 is 0 Å². The molecule has 204 valence electrons. The van der Waals surface area contributed by atoms with Crippen molar-refractivity contribution in [3.63, 3.8) is 0 Å². The van der Waals surface area contributed by atoms with Crippen molar-refractivity contribution in [3.05, 3.63) is 83.9 Å². The van der Waals surface area contributed by atoms with Crippen LogP contribution < -0.4 is 14.8 Å². The monoisotopic (exact) mass is 540 g/mol. The molecule has 0 aliphatic carbocycles. The lowest BCUT2D eigenvalue weighted by molar-refractivity contribution is -0.137. The molecule has 0 fully saturated rings. The van der Waals surface area contributed by atoms with Gasteiger partial charge in [-0.15, -0.1) is 5.10 Å². The lowest BCUT2D eigenvalue weighted by Gasteiger charge is -2.10. The van der Waals surface area contributed by atoms with Crippen molar-refractivity contribution in [2.45, 2.75) is 19.5 Å². The van der Waals surface area contributed by atoms with Gasteiger partial charge in [0.05, 0.1) is 31.4 Å². The second kappa shape index (κ2) is 12.4. The Bertz CT molecular complexity index is 1370. The van der Waals surface area contributed by atoms with Crippen molar-refractivity contribution in [2.75, 3.05) is 32.2 Å². The number of carbonyl (C=O) groups is 1. The Balaban J connectivity index is 1.53. The molecule has 0 atom stereocenters. The van der Waals surface area contributed by atoms with Gasteiger partial charge in [-0.2, -0.15) is 18.2 Å². The first-order valence-electron chi connectivity index (χ1n) is 12.1. The molecular formula is C28H27F3N4O4. The molecule has 4 aromatic rings. The number of hydrogen-bond donors (Lipinski definition) is 1. The highest BCUT2D eigenvalue weighted by molar-refractivity contribution is 5.92. The van der Waals surface area contributed by atoms with Crippen LogP contribution in [0.3, 0.4) is 0 Å². The van der Waals surface area contributed by atoms with Gasteiger partial charge in [-0.25, -0.2) is 4.68 Å². The van der Waals surface area contributed by atoms with Crippen LogP contribution in [0.15, 0.2) is 72.8 Å². The first kappa shape index (κ1) is 27.6. The SMILES string of the molecule is CCOCCOc1nc(-c2ccc(C(F)(F)F)cc2)n(-c2ccc(NC(=O)Cc3ccc(OC)cc3)cc2)n1. The zero-order chi connectivity index (χ0) is 27.8. The molecular weight excluding hydrogens is 513 g/mol. The number of methoxy groups -OCH3 is 1. The van der Waals surface area contributed by atoms with Crippen LogP contribution in [0.25, 0.3) is 17.1 Å². The number of anilines is 1. The fraction of sp³-hybridized carbons (Fsp3) is 0.250. The summed E-state index contributed by atoms with van der Waals surface area (Å²) in [6, 6.07) is 18.8. The summed E-state index contributed by atoms with van der Waals surface area (Å²) in [5.41, 5.74) is 1.64. The van der Waals surface area contributed by atoms with E-state index in [4.69, 9.17) is 14.2 Å². The predicted octanol–water partition coefficient (Wildman–Crippen LogP) is 5.56. The Morgan fingerprint density at radius 2 is 1.64 bits per heavy atom. The van der Waals surface area contributed by atoms with Gasteiger partial charge in [0.25, 0.3) is 0 Å². The number of halogens is 3. The average molecular weight is 541 g/mol. The molecule has 0 radical (unpaired) electrons. The Morgan fingerprint density at radius 1 is 0.949 bits per heavy atom. The standard InChI is InChI=1S/C28H27F3N4O4/c1-3-38-16-17-39-27-33-26(20-6-8-21(9-7-20)28(29,30)31)35(34-27)23-12-10-22(11-13-23)32-25(36)18-19-4-14-24(37-2)15-5-19/h4-15H,3,16-18H2,1-2H3,(H,32,36). The van der Waals surface area contributed by atoms with Gasteiger partial charge >= 0.3 is 12.2 Å². The van der Waals surface area contributed by atoms with E-state index < -0.39 is 11.7 Å². The van der Waals surface area contributed by atoms with E-state index in [0.717, 1.165) is 17.7 Å². The third kappa shape index (κ3) is 7.35. The highest BCUT2D eigenvalue weighted by atomic mass is 19.4. The van der Waals surface area contributed by atoms with E-state index in [9.17, 15) is 18.0 Å². The Hall–Kier alpha value is -4.38. The minimum atomic E-state index is -4.45. The molecule has 0 unspecified atom stereocenters. The first-order valence-corrected chi connectivity index (χ1v) is 12.1. The number of amides is 1. The van der Waals surface area contributed by atoms with Crippen molar-refractivity contribution < 1.29 is 32.2 Å². The van der Waals surface area contributed by atoms with E-state index in [1.165, 1.54) is 16.8 Å². The van der Waals surface area contributed by atoms with Crippen LogP contribution in [-0.2, 0) is 22.1 Å². The molecule has 4 rings (SSSR count). The number of alkyl halides is 3. The van der Waals surface area contributed by atoms with Gasteiger partial charge in [0, 0.05) is 17.9 Å². The topological polar surface area (TPSA) is 87.5 Å². The highest BCUT2D eigenvalue weighted by Crippen LogP contribution is 2.31. The quantitative estimate of drug-likeness (QED) is 0.251. The Kier molecular flexibility index (Phi) is 8.82. The Morgan fingerprint density at radius 3 is 2.26 bits per heavy atom. The van der Waals surface area contributed by atoms with E-state index in [1.807, 2.05) is 19.1 Å². The van der Waals surface area contributed by atoms with Crippen molar-refractivity contribution in [1.29, 1.82) is 0 Å². The molecule has 0 saturated heterocycles. The van der Waals surface area contributed by atoms with Gasteiger partial charge in [-0.05, 0) is 61.0 Å². The largest absolute Gasteiger partial charge is 0.497 e. The molecule has 0 aliphatic rings. The molecule has 39 heavy (non-hydrogen) atoms. The average Bonchev–Trinajstić information content (AvgIpc) is 3.36. The number of rotatable bonds is 11. The molecule has 0 spiro atoms. The third-order valence-corrected chi connectivity index (χ3v) is 5.64. The molecule has 0 saturated carbocycles. The zero-order valence-electron chi connectivity index (χ0n) is 21.4. The molecule has 1 amide bonds. The molecule has 8 nitrogen and oxygen atoms in total. The molecule has 11 heteroatoms. The van der Waals surface area contributed by atoms with Crippen molar-refractivity contribution in [3.8, 4) is 28.8 Å². The summed E-state index contributed by atoms with van der Waals surface area (Å²) in [5.74, 6) is 0.817. The minimum Gasteiger partial charge on any atom is -0.497 e. The van der Waals surface area contributed by atoms with Crippen molar-refractivity contribution in [1.82, 2.24) is 14.8 Å². The maximum Gasteiger partial charge on any atom is 0.416 e. The van der Waals surface area contributed by atoms with Crippen LogP contribution in [0.5, 0.6) is 11.8 Å². The maximum absolute atomic E-state index is 13.1. The smallest absolute Gasteiger partial charge is 0.416 e. The number of nitrogens with zero attached hydrogens (tertiary/aromatic N) is 3. The van der Waals surface area contributed by atoms with Gasteiger partial charge in [0.2, 0.25) is 5.91 Å². The molecule has 0 bridgehead atoms. The summed E-state index contributed by atoms with van der Waals surface area (Å²) >= 11 is 0. The summed E-state index contributed by atoms with van der Waals surface area (Å²) < 4.78 is 56.6. The molecule has 1 heterocycles. The zero-order valence-corrected chi connectivity index (χ0v) is 21.4. The predicted molar refractivity (Wildman–Crippen MR) is 139 cm³/mol. The van der Waals surface area contributed by atoms with Crippen molar-refractivity contribution >= 4 is 11.6 Å². The second-order valence-electron chi connectivity index (χ2n) is 8.37. The van der Waals surface area contributed by atoms with Gasteiger partial charge in [0.15, 0.2) is 5.82 Å². The summed E-state index contributed by atoms with van der Waals surface area (Å²) in [4.78, 5) is 16.9. The summed E-state index contributed by atoms with van der Waals surface area (Å²) in [7, 11) is 1.58. The number of aromatic nitrogens is 3. The first-order chi connectivity index (χ1) is 18.8. The van der Waals surface area contributed by atoms with Gasteiger partial charge in [-0.3, -0.25) is 4.79 Å². The van der Waals surface area contributed by atoms with Crippen LogP contribution in [0.2, 0.25) is 0 Å². The van der Waals surface area contributed by atoms with Crippen LogP contribution in [0.1, 0.15) is 18.1 Å². The molecule has 0 aliphatic heterocycles. The number of carbonyl (C=O) groups excluding carboxylic acids is 1. The summed E-state index contributed by atoms with van der Waals surface area (Å²) in [5, 5.41) is 7.24. The van der Waals surface area contributed by atoms with Gasteiger partial charge in [0.1, 0.15) is 12.4 Å². The summed E-state index contributed by atoms with van der Waals surface area (Å²) in [6.07, 6.45) is -4.26. The van der Waals surface area contributed by atoms with Crippen LogP contribution in [0, 0.1) is 0 Å². The molecule has 1 aromatic heterocycles. The minimum absolute atomic E-state index is 0.0569. The van der Waals surface area contributed by atoms with E-state index in [2.05, 4.69) is 15.4 Å². The number of ether oxygens (including phenoxy) is 3. The molecule has 3 aromatic carbocycles. The highest BCUT2D eigenvalue weighted by Gasteiger charge is 2.30. The fourth-order valence-electron chi connectivity index (χ4n) is 3.69. The number of hydrogen-bond acceptors (Lipinski definition) is 6. The Labute approximate surface area is 223 Å². The van der Waals surface area contributed by atoms with E-state index >= 15 is 0 Å². The molecule has 1 N–H and O–H groups in total. The fourth-order valence-corrected chi connectivity index (χ4v) is 3.69. The second-order valence-corrected chi connectivity index (χ2v) is 8.37. The normalized spacial score (nSPS) is 11.3. The number of nitrogens with one attached hydrogen (secondary N) is 1. The lowest BCUT2D eigenvalue weighted by Crippen LogP contribution is -2.14. The van der Waals surface area contributed by atoms with E-state index in [-0.39, 0.29) is 24.9 Å². The lowest BCUT2D eigenvalue weighted by atomic mass is 10.1. The summed E-state index contributed by atoms with van der Waals surface area (Å²) in [6.45, 7) is 2.95.